The summed E-state index contributed by atoms with van der Waals surface area (Å²) < 4.78 is 23.7. The molecule has 0 unspecified atom stereocenters. The van der Waals surface area contributed by atoms with Crippen molar-refractivity contribution in [3.8, 4) is 0 Å². The molecule has 4 heteroatoms. The van der Waals surface area contributed by atoms with Gasteiger partial charge in [-0.1, -0.05) is 19.3 Å². The van der Waals surface area contributed by atoms with Crippen molar-refractivity contribution in [3.63, 3.8) is 0 Å². The second-order valence-corrected chi connectivity index (χ2v) is 6.83. The van der Waals surface area contributed by atoms with Crippen LogP contribution in [0.15, 0.2) is 0 Å². The minimum atomic E-state index is -2.85. The smallest absolute Gasteiger partial charge is 0.166 e. The molecule has 0 radical (unpaired) electrons. The molecule has 0 heterocycles. The van der Waals surface area contributed by atoms with Crippen LogP contribution in [0.4, 0.5) is 0 Å². The fourth-order valence-corrected chi connectivity index (χ4v) is 3.82. The average molecular weight is 217 g/mol. The van der Waals surface area contributed by atoms with E-state index in [9.17, 15) is 8.42 Å². The Hall–Kier alpha value is -0.0900. The molecule has 0 spiro atoms. The van der Waals surface area contributed by atoms with Crippen LogP contribution in [-0.4, -0.2) is 25.6 Å². The first-order valence-electron chi connectivity index (χ1n) is 5.63. The van der Waals surface area contributed by atoms with Gasteiger partial charge in [-0.3, -0.25) is 0 Å². The van der Waals surface area contributed by atoms with Crippen LogP contribution in [-0.2, 0) is 9.84 Å². The number of nitrogens with one attached hydrogen (secondary N) is 1. The van der Waals surface area contributed by atoms with E-state index in [4.69, 9.17) is 0 Å². The number of rotatable bonds is 4. The zero-order valence-corrected chi connectivity index (χ0v) is 9.35. The maximum absolute atomic E-state index is 11.9. The topological polar surface area (TPSA) is 46.2 Å². The van der Waals surface area contributed by atoms with Gasteiger partial charge in [-0.25, -0.2) is 8.42 Å². The van der Waals surface area contributed by atoms with E-state index in [1.165, 1.54) is 6.42 Å². The monoisotopic (exact) mass is 217 g/mol. The molecule has 82 valence electrons. The third-order valence-electron chi connectivity index (χ3n) is 3.21. The summed E-state index contributed by atoms with van der Waals surface area (Å²) in [6.45, 7) is 0. The summed E-state index contributed by atoms with van der Waals surface area (Å²) in [6.07, 6.45) is 7.46. The molecule has 0 atom stereocenters. The molecule has 0 aromatic heterocycles. The fraction of sp³-hybridized carbons (Fsp3) is 1.00. The Morgan fingerprint density at radius 3 is 2.21 bits per heavy atom. The van der Waals surface area contributed by atoms with Crippen molar-refractivity contribution in [3.05, 3.63) is 0 Å². The van der Waals surface area contributed by atoms with E-state index in [-0.39, 0.29) is 11.1 Å². The van der Waals surface area contributed by atoms with E-state index in [1.807, 2.05) is 0 Å². The van der Waals surface area contributed by atoms with Crippen LogP contribution in [0.2, 0.25) is 0 Å². The van der Waals surface area contributed by atoms with Crippen LogP contribution < -0.4 is 5.32 Å². The molecule has 2 saturated carbocycles. The maximum Gasteiger partial charge on any atom is 0.166 e. The highest BCUT2D eigenvalue weighted by Gasteiger charge is 2.29. The van der Waals surface area contributed by atoms with Crippen molar-refractivity contribution >= 4 is 9.84 Å². The Morgan fingerprint density at radius 1 is 1.00 bits per heavy atom. The highest BCUT2D eigenvalue weighted by atomic mass is 32.2. The first-order valence-corrected chi connectivity index (χ1v) is 7.35. The molecule has 2 aliphatic carbocycles. The standard InChI is InChI=1S/C10H19NO2S/c12-14(13,8-11-9-6-7-9)10-4-2-1-3-5-10/h9-11H,1-8H2. The fourth-order valence-electron chi connectivity index (χ4n) is 2.06. The third-order valence-corrected chi connectivity index (χ3v) is 5.27. The van der Waals surface area contributed by atoms with Gasteiger partial charge < -0.3 is 5.32 Å². The summed E-state index contributed by atoms with van der Waals surface area (Å²) in [5.74, 6) is 0.211. The maximum atomic E-state index is 11.9. The summed E-state index contributed by atoms with van der Waals surface area (Å²) in [6, 6.07) is 0.494. The molecule has 0 saturated heterocycles. The van der Waals surface area contributed by atoms with Gasteiger partial charge in [0, 0.05) is 6.04 Å². The normalized spacial score (nSPS) is 25.1. The van der Waals surface area contributed by atoms with Crippen molar-refractivity contribution in [2.24, 2.45) is 0 Å². The first kappa shape index (κ1) is 10.4. The number of hydrogen-bond donors (Lipinski definition) is 1. The van der Waals surface area contributed by atoms with Crippen LogP contribution in [0.5, 0.6) is 0 Å². The second-order valence-electron chi connectivity index (χ2n) is 4.55. The zero-order valence-electron chi connectivity index (χ0n) is 8.54. The Bertz CT molecular complexity index is 276. The first-order chi connectivity index (χ1) is 6.68. The van der Waals surface area contributed by atoms with Gasteiger partial charge in [0.2, 0.25) is 0 Å². The van der Waals surface area contributed by atoms with E-state index >= 15 is 0 Å². The Balaban J connectivity index is 1.85. The number of hydrogen-bond acceptors (Lipinski definition) is 3. The highest BCUT2D eigenvalue weighted by molar-refractivity contribution is 7.91. The van der Waals surface area contributed by atoms with E-state index < -0.39 is 9.84 Å². The summed E-state index contributed by atoms with van der Waals surface area (Å²) in [7, 11) is -2.85. The predicted octanol–water partition coefficient (Wildman–Crippen LogP) is 1.44. The van der Waals surface area contributed by atoms with Crippen molar-refractivity contribution in [2.45, 2.75) is 56.2 Å². The molecule has 14 heavy (non-hydrogen) atoms. The van der Waals surface area contributed by atoms with E-state index in [0.717, 1.165) is 38.5 Å². The number of sulfone groups is 1. The van der Waals surface area contributed by atoms with E-state index in [1.54, 1.807) is 0 Å². The Labute approximate surface area is 86.2 Å². The van der Waals surface area contributed by atoms with Gasteiger partial charge >= 0.3 is 0 Å². The molecular weight excluding hydrogens is 198 g/mol. The molecule has 3 nitrogen and oxygen atoms in total. The lowest BCUT2D eigenvalue weighted by atomic mass is 10.0. The molecule has 2 aliphatic rings. The Morgan fingerprint density at radius 2 is 1.64 bits per heavy atom. The van der Waals surface area contributed by atoms with Crippen LogP contribution in [0.1, 0.15) is 44.9 Å². The predicted molar refractivity (Wildman–Crippen MR) is 56.8 cm³/mol. The minimum absolute atomic E-state index is 0.0532. The lowest BCUT2D eigenvalue weighted by Crippen LogP contribution is -2.33. The molecule has 2 rings (SSSR count). The highest BCUT2D eigenvalue weighted by Crippen LogP contribution is 2.25. The van der Waals surface area contributed by atoms with Gasteiger partial charge in [0.05, 0.1) is 11.1 Å². The molecule has 1 N–H and O–H groups in total. The van der Waals surface area contributed by atoms with Crippen LogP contribution in [0, 0.1) is 0 Å². The summed E-state index contributed by atoms with van der Waals surface area (Å²) in [4.78, 5) is 0. The van der Waals surface area contributed by atoms with Gasteiger partial charge in [0.15, 0.2) is 9.84 Å². The molecule has 0 aromatic carbocycles. The van der Waals surface area contributed by atoms with Crippen molar-refractivity contribution < 1.29 is 8.42 Å². The minimum Gasteiger partial charge on any atom is -0.301 e. The Kier molecular flexibility index (Phi) is 3.12. The van der Waals surface area contributed by atoms with Gasteiger partial charge in [-0.2, -0.15) is 0 Å². The molecule has 2 fully saturated rings. The zero-order chi connectivity index (χ0) is 10.0. The molecule has 0 amide bonds. The summed E-state index contributed by atoms with van der Waals surface area (Å²) >= 11 is 0. The van der Waals surface area contributed by atoms with Crippen molar-refractivity contribution in [2.75, 3.05) is 5.88 Å². The molecule has 0 bridgehead atoms. The van der Waals surface area contributed by atoms with Crippen LogP contribution >= 0.6 is 0 Å². The van der Waals surface area contributed by atoms with E-state index in [2.05, 4.69) is 5.32 Å². The SMILES string of the molecule is O=S(=O)(CNC1CC1)C1CCCCC1. The summed E-state index contributed by atoms with van der Waals surface area (Å²) in [5, 5.41) is 3.05. The molecule has 0 aliphatic heterocycles. The van der Waals surface area contributed by atoms with Crippen molar-refractivity contribution in [1.82, 2.24) is 5.32 Å². The van der Waals surface area contributed by atoms with E-state index in [0.29, 0.717) is 6.04 Å². The quantitative estimate of drug-likeness (QED) is 0.775. The van der Waals surface area contributed by atoms with Gasteiger partial charge in [-0.15, -0.1) is 0 Å². The van der Waals surface area contributed by atoms with Gasteiger partial charge in [-0.05, 0) is 25.7 Å². The van der Waals surface area contributed by atoms with Gasteiger partial charge in [0.1, 0.15) is 0 Å². The molecule has 0 aromatic rings. The van der Waals surface area contributed by atoms with Crippen LogP contribution in [0.3, 0.4) is 0 Å². The lowest BCUT2D eigenvalue weighted by Gasteiger charge is -2.21. The summed E-state index contributed by atoms with van der Waals surface area (Å²) in [5.41, 5.74) is 0. The van der Waals surface area contributed by atoms with Crippen molar-refractivity contribution in [1.29, 1.82) is 0 Å². The van der Waals surface area contributed by atoms with Crippen LogP contribution in [0.25, 0.3) is 0 Å². The lowest BCUT2D eigenvalue weighted by molar-refractivity contribution is 0.481. The second kappa shape index (κ2) is 4.19. The third kappa shape index (κ3) is 2.70. The average Bonchev–Trinajstić information content (AvgIpc) is 3.00. The van der Waals surface area contributed by atoms with Gasteiger partial charge in [0.25, 0.3) is 0 Å². The molecular formula is C10H19NO2S. The largest absolute Gasteiger partial charge is 0.301 e.